The number of hydrogen-bond donors (Lipinski definition) is 0. The van der Waals surface area contributed by atoms with Crippen LogP contribution < -0.4 is 4.90 Å². The molecule has 0 aromatic carbocycles. The maximum absolute atomic E-state index is 5.79. The van der Waals surface area contributed by atoms with Crippen LogP contribution in [0, 0.1) is 13.8 Å². The van der Waals surface area contributed by atoms with E-state index < -0.39 is 0 Å². The van der Waals surface area contributed by atoms with Crippen molar-refractivity contribution in [1.29, 1.82) is 0 Å². The lowest BCUT2D eigenvalue weighted by Gasteiger charge is -2.16. The number of rotatable bonds is 4. The molecule has 0 aliphatic rings. The van der Waals surface area contributed by atoms with Crippen molar-refractivity contribution in [2.24, 2.45) is 0 Å². The first-order valence-corrected chi connectivity index (χ1v) is 6.28. The molecule has 96 valence electrons. The molecule has 0 saturated heterocycles. The molecule has 0 N–H and O–H groups in total. The quantitative estimate of drug-likeness (QED) is 0.797. The number of halogens is 1. The van der Waals surface area contributed by atoms with E-state index in [1.54, 1.807) is 6.20 Å². The van der Waals surface area contributed by atoms with Crippen LogP contribution >= 0.6 is 11.6 Å². The molecule has 0 radical (unpaired) electrons. The third kappa shape index (κ3) is 2.82. The monoisotopic (exact) mass is 265 g/mol. The van der Waals surface area contributed by atoms with Gasteiger partial charge in [0.25, 0.3) is 0 Å². The van der Waals surface area contributed by atoms with Gasteiger partial charge in [0.1, 0.15) is 11.5 Å². The first-order valence-electron chi connectivity index (χ1n) is 5.75. The van der Waals surface area contributed by atoms with Crippen molar-refractivity contribution in [1.82, 2.24) is 9.97 Å². The van der Waals surface area contributed by atoms with Crippen molar-refractivity contribution in [2.45, 2.75) is 26.3 Å². The largest absolute Gasteiger partial charge is 0.464 e. The number of nitrogens with zero attached hydrogens (tertiary/aromatic N) is 3. The van der Waals surface area contributed by atoms with Crippen LogP contribution in [0.25, 0.3) is 0 Å². The SMILES string of the molecule is Cc1ccc(CN(C)c2ncc(CCl)c(C)n2)o1. The third-order valence-corrected chi connectivity index (χ3v) is 3.03. The van der Waals surface area contributed by atoms with Crippen LogP contribution in [0.3, 0.4) is 0 Å². The van der Waals surface area contributed by atoms with Crippen LogP contribution in [-0.2, 0) is 12.4 Å². The maximum atomic E-state index is 5.79. The van der Waals surface area contributed by atoms with Crippen molar-refractivity contribution >= 4 is 17.5 Å². The van der Waals surface area contributed by atoms with E-state index in [1.165, 1.54) is 0 Å². The zero-order valence-electron chi connectivity index (χ0n) is 10.8. The van der Waals surface area contributed by atoms with E-state index in [-0.39, 0.29) is 0 Å². The molecule has 2 aromatic heterocycles. The van der Waals surface area contributed by atoms with E-state index in [1.807, 2.05) is 37.9 Å². The van der Waals surface area contributed by atoms with E-state index in [0.29, 0.717) is 18.4 Å². The first kappa shape index (κ1) is 12.9. The lowest BCUT2D eigenvalue weighted by Crippen LogP contribution is -2.19. The molecule has 4 nitrogen and oxygen atoms in total. The molecule has 0 atom stereocenters. The van der Waals surface area contributed by atoms with Crippen molar-refractivity contribution < 1.29 is 4.42 Å². The minimum absolute atomic E-state index is 0.438. The molecule has 2 heterocycles. The Morgan fingerprint density at radius 1 is 1.33 bits per heavy atom. The summed E-state index contributed by atoms with van der Waals surface area (Å²) in [6.45, 7) is 4.51. The molecule has 0 amide bonds. The molecular formula is C13H16ClN3O. The molecule has 5 heteroatoms. The second-order valence-corrected chi connectivity index (χ2v) is 4.55. The van der Waals surface area contributed by atoms with Gasteiger partial charge in [-0.15, -0.1) is 11.6 Å². The normalized spacial score (nSPS) is 10.7. The highest BCUT2D eigenvalue weighted by atomic mass is 35.5. The average Bonchev–Trinajstić information content (AvgIpc) is 2.74. The molecule has 0 fully saturated rings. The lowest BCUT2D eigenvalue weighted by molar-refractivity contribution is 0.480. The predicted octanol–water partition coefficient (Wildman–Crippen LogP) is 3.06. The van der Waals surface area contributed by atoms with Gasteiger partial charge < -0.3 is 9.32 Å². The van der Waals surface area contributed by atoms with E-state index >= 15 is 0 Å². The number of hydrogen-bond acceptors (Lipinski definition) is 4. The Balaban J connectivity index is 2.13. The molecule has 0 bridgehead atoms. The number of furan rings is 1. The first-order chi connectivity index (χ1) is 8.60. The highest BCUT2D eigenvalue weighted by molar-refractivity contribution is 6.17. The van der Waals surface area contributed by atoms with Gasteiger partial charge in [-0.05, 0) is 26.0 Å². The lowest BCUT2D eigenvalue weighted by atomic mass is 10.3. The topological polar surface area (TPSA) is 42.2 Å². The molecule has 2 rings (SSSR count). The summed E-state index contributed by atoms with van der Waals surface area (Å²) in [5, 5.41) is 0. The Kier molecular flexibility index (Phi) is 3.87. The number of aryl methyl sites for hydroxylation is 2. The smallest absolute Gasteiger partial charge is 0.225 e. The Labute approximate surface area is 112 Å². The minimum atomic E-state index is 0.438. The van der Waals surface area contributed by atoms with Crippen molar-refractivity contribution in [3.63, 3.8) is 0 Å². The zero-order valence-corrected chi connectivity index (χ0v) is 11.5. The van der Waals surface area contributed by atoms with Gasteiger partial charge in [0.05, 0.1) is 12.4 Å². The fourth-order valence-corrected chi connectivity index (χ4v) is 1.93. The van der Waals surface area contributed by atoms with Crippen LogP contribution in [0.1, 0.15) is 22.8 Å². The average molecular weight is 266 g/mol. The summed E-state index contributed by atoms with van der Waals surface area (Å²) in [7, 11) is 1.94. The van der Waals surface area contributed by atoms with Crippen LogP contribution in [0.4, 0.5) is 5.95 Å². The van der Waals surface area contributed by atoms with E-state index in [2.05, 4.69) is 9.97 Å². The molecule has 0 spiro atoms. The summed E-state index contributed by atoms with van der Waals surface area (Å²) in [4.78, 5) is 10.7. The summed E-state index contributed by atoms with van der Waals surface area (Å²) in [5.41, 5.74) is 1.88. The number of alkyl halides is 1. The van der Waals surface area contributed by atoms with E-state index in [4.69, 9.17) is 16.0 Å². The number of anilines is 1. The van der Waals surface area contributed by atoms with Crippen LogP contribution in [0.15, 0.2) is 22.7 Å². The van der Waals surface area contributed by atoms with Gasteiger partial charge in [0.15, 0.2) is 0 Å². The van der Waals surface area contributed by atoms with Gasteiger partial charge in [0, 0.05) is 24.5 Å². The molecule has 0 aliphatic heterocycles. The Morgan fingerprint density at radius 3 is 2.67 bits per heavy atom. The maximum Gasteiger partial charge on any atom is 0.225 e. The van der Waals surface area contributed by atoms with Gasteiger partial charge >= 0.3 is 0 Å². The Morgan fingerprint density at radius 2 is 2.11 bits per heavy atom. The summed E-state index contributed by atoms with van der Waals surface area (Å²) in [6, 6.07) is 3.91. The second-order valence-electron chi connectivity index (χ2n) is 4.28. The predicted molar refractivity (Wildman–Crippen MR) is 71.9 cm³/mol. The molecule has 2 aromatic rings. The standard InChI is InChI=1S/C13H16ClN3O/c1-9-4-5-12(18-9)8-17(3)13-15-7-11(6-14)10(2)16-13/h4-5,7H,6,8H2,1-3H3. The molecule has 0 aliphatic carbocycles. The summed E-state index contributed by atoms with van der Waals surface area (Å²) in [6.07, 6.45) is 1.77. The van der Waals surface area contributed by atoms with Crippen molar-refractivity contribution in [3.8, 4) is 0 Å². The van der Waals surface area contributed by atoms with Crippen molar-refractivity contribution in [2.75, 3.05) is 11.9 Å². The van der Waals surface area contributed by atoms with Crippen LogP contribution in [0.5, 0.6) is 0 Å². The molecule has 18 heavy (non-hydrogen) atoms. The van der Waals surface area contributed by atoms with Crippen LogP contribution in [0.2, 0.25) is 0 Å². The van der Waals surface area contributed by atoms with Gasteiger partial charge in [-0.2, -0.15) is 0 Å². The van der Waals surface area contributed by atoms with Gasteiger partial charge in [-0.25, -0.2) is 9.97 Å². The fraction of sp³-hybridized carbons (Fsp3) is 0.385. The van der Waals surface area contributed by atoms with E-state index in [0.717, 1.165) is 22.8 Å². The highest BCUT2D eigenvalue weighted by Gasteiger charge is 2.09. The molecular weight excluding hydrogens is 250 g/mol. The van der Waals surface area contributed by atoms with Gasteiger partial charge in [-0.3, -0.25) is 0 Å². The Hall–Kier alpha value is -1.55. The summed E-state index contributed by atoms with van der Waals surface area (Å²) in [5.74, 6) is 2.92. The highest BCUT2D eigenvalue weighted by Crippen LogP contribution is 2.15. The summed E-state index contributed by atoms with van der Waals surface area (Å²) >= 11 is 5.79. The molecule has 0 saturated carbocycles. The van der Waals surface area contributed by atoms with Gasteiger partial charge in [-0.1, -0.05) is 0 Å². The summed E-state index contributed by atoms with van der Waals surface area (Å²) < 4.78 is 5.53. The van der Waals surface area contributed by atoms with Crippen molar-refractivity contribution in [3.05, 3.63) is 41.1 Å². The fourth-order valence-electron chi connectivity index (χ4n) is 1.67. The Bertz CT molecular complexity index is 539. The minimum Gasteiger partial charge on any atom is -0.464 e. The van der Waals surface area contributed by atoms with Gasteiger partial charge in [0.2, 0.25) is 5.95 Å². The van der Waals surface area contributed by atoms with E-state index in [9.17, 15) is 0 Å². The second kappa shape index (κ2) is 5.40. The van der Waals surface area contributed by atoms with Crippen LogP contribution in [-0.4, -0.2) is 17.0 Å². The third-order valence-electron chi connectivity index (χ3n) is 2.74. The zero-order chi connectivity index (χ0) is 13.1. The number of aromatic nitrogens is 2. The molecule has 0 unspecified atom stereocenters.